The molecular formula is C14H22N2O2. The molecule has 0 fully saturated rings. The highest BCUT2D eigenvalue weighted by Gasteiger charge is 2.22. The minimum absolute atomic E-state index is 0.0235. The number of hydrogen-bond donors (Lipinski definition) is 2. The van der Waals surface area contributed by atoms with Crippen molar-refractivity contribution < 1.29 is 9.90 Å². The molecule has 18 heavy (non-hydrogen) atoms. The monoisotopic (exact) mass is 250 g/mol. The van der Waals surface area contributed by atoms with Crippen LogP contribution in [-0.2, 0) is 4.79 Å². The molecule has 0 aromatic heterocycles. The van der Waals surface area contributed by atoms with E-state index < -0.39 is 12.0 Å². The Morgan fingerprint density at radius 3 is 2.39 bits per heavy atom. The number of nitrogens with zero attached hydrogens (tertiary/aromatic N) is 1. The maximum Gasteiger partial charge on any atom is 0.320 e. The molecule has 2 atom stereocenters. The molecule has 0 radical (unpaired) electrons. The van der Waals surface area contributed by atoms with Crippen LogP contribution in [0.15, 0.2) is 18.2 Å². The Hall–Kier alpha value is -1.39. The van der Waals surface area contributed by atoms with E-state index in [1.54, 1.807) is 0 Å². The molecule has 0 bridgehead atoms. The first-order valence-corrected chi connectivity index (χ1v) is 6.05. The van der Waals surface area contributed by atoms with Gasteiger partial charge in [0, 0.05) is 6.04 Å². The number of benzene rings is 1. The van der Waals surface area contributed by atoms with Crippen LogP contribution in [0.4, 0.5) is 0 Å². The van der Waals surface area contributed by atoms with Gasteiger partial charge in [-0.3, -0.25) is 4.79 Å². The summed E-state index contributed by atoms with van der Waals surface area (Å²) in [7, 11) is 3.88. The molecule has 0 spiro atoms. The average molecular weight is 250 g/mol. The highest BCUT2D eigenvalue weighted by molar-refractivity contribution is 5.73. The van der Waals surface area contributed by atoms with Crippen LogP contribution in [0.25, 0.3) is 0 Å². The van der Waals surface area contributed by atoms with Crippen molar-refractivity contribution in [1.29, 1.82) is 0 Å². The lowest BCUT2D eigenvalue weighted by molar-refractivity contribution is -0.139. The van der Waals surface area contributed by atoms with E-state index in [1.165, 1.54) is 11.1 Å². The van der Waals surface area contributed by atoms with E-state index in [0.717, 1.165) is 5.56 Å². The molecule has 1 rings (SSSR count). The first kappa shape index (κ1) is 14.7. The fourth-order valence-electron chi connectivity index (χ4n) is 1.96. The van der Waals surface area contributed by atoms with Gasteiger partial charge in [-0.25, -0.2) is 0 Å². The lowest BCUT2D eigenvalue weighted by Gasteiger charge is -2.26. The van der Waals surface area contributed by atoms with Crippen molar-refractivity contribution in [1.82, 2.24) is 4.90 Å². The Morgan fingerprint density at radius 1 is 1.33 bits per heavy atom. The van der Waals surface area contributed by atoms with E-state index in [9.17, 15) is 4.79 Å². The number of hydrogen-bond acceptors (Lipinski definition) is 3. The largest absolute Gasteiger partial charge is 0.480 e. The average Bonchev–Trinajstić information content (AvgIpc) is 2.29. The van der Waals surface area contributed by atoms with E-state index in [4.69, 9.17) is 10.8 Å². The summed E-state index contributed by atoms with van der Waals surface area (Å²) in [6.07, 6.45) is 0.408. The maximum atomic E-state index is 10.9. The summed E-state index contributed by atoms with van der Waals surface area (Å²) in [6, 6.07) is 5.40. The normalized spacial score (nSPS) is 14.6. The number of aryl methyl sites for hydroxylation is 2. The molecule has 0 saturated carbocycles. The van der Waals surface area contributed by atoms with Gasteiger partial charge in [0.25, 0.3) is 0 Å². The van der Waals surface area contributed by atoms with E-state index in [1.807, 2.05) is 25.1 Å². The molecule has 4 heteroatoms. The number of nitrogens with two attached hydrogens (primary N) is 1. The second kappa shape index (κ2) is 5.98. The Kier molecular flexibility index (Phi) is 4.87. The van der Waals surface area contributed by atoms with E-state index in [0.29, 0.717) is 6.42 Å². The van der Waals surface area contributed by atoms with Gasteiger partial charge >= 0.3 is 5.97 Å². The van der Waals surface area contributed by atoms with Gasteiger partial charge < -0.3 is 15.7 Å². The third-order valence-electron chi connectivity index (χ3n) is 3.33. The quantitative estimate of drug-likeness (QED) is 0.835. The van der Waals surface area contributed by atoms with Gasteiger partial charge in [-0.05, 0) is 51.1 Å². The summed E-state index contributed by atoms with van der Waals surface area (Å²) in [5.41, 5.74) is 9.19. The minimum atomic E-state index is -0.953. The summed E-state index contributed by atoms with van der Waals surface area (Å²) >= 11 is 0. The molecule has 0 heterocycles. The predicted molar refractivity (Wildman–Crippen MR) is 72.6 cm³/mol. The van der Waals surface area contributed by atoms with Crippen LogP contribution in [-0.4, -0.2) is 36.1 Å². The van der Waals surface area contributed by atoms with Gasteiger partial charge in [-0.2, -0.15) is 0 Å². The van der Waals surface area contributed by atoms with Gasteiger partial charge in [0.15, 0.2) is 0 Å². The van der Waals surface area contributed by atoms with Crippen molar-refractivity contribution in [3.8, 4) is 0 Å². The van der Waals surface area contributed by atoms with Crippen molar-refractivity contribution in [2.75, 3.05) is 14.1 Å². The Bertz CT molecular complexity index is 430. The molecule has 1 aromatic rings. The second-order valence-corrected chi connectivity index (χ2v) is 5.00. The van der Waals surface area contributed by atoms with Crippen molar-refractivity contribution in [2.45, 2.75) is 32.4 Å². The molecule has 3 N–H and O–H groups in total. The van der Waals surface area contributed by atoms with Crippen LogP contribution in [0, 0.1) is 13.8 Å². The van der Waals surface area contributed by atoms with E-state index in [2.05, 4.69) is 26.0 Å². The number of carboxylic acids is 1. The highest BCUT2D eigenvalue weighted by atomic mass is 16.4. The number of carbonyl (C=O) groups is 1. The lowest BCUT2D eigenvalue weighted by atomic mass is 9.95. The highest BCUT2D eigenvalue weighted by Crippen LogP contribution is 2.25. The Labute approximate surface area is 108 Å². The van der Waals surface area contributed by atoms with Crippen LogP contribution in [0.3, 0.4) is 0 Å². The molecule has 0 saturated heterocycles. The molecule has 0 aliphatic carbocycles. The SMILES string of the molecule is Cc1ccc(C(CC(N)C(=O)O)N(C)C)cc1C. The van der Waals surface area contributed by atoms with Crippen LogP contribution < -0.4 is 5.73 Å². The van der Waals surface area contributed by atoms with E-state index >= 15 is 0 Å². The third-order valence-corrected chi connectivity index (χ3v) is 3.33. The summed E-state index contributed by atoms with van der Waals surface area (Å²) in [6.45, 7) is 4.12. The fourth-order valence-corrected chi connectivity index (χ4v) is 1.96. The summed E-state index contributed by atoms with van der Waals surface area (Å²) < 4.78 is 0. The minimum Gasteiger partial charge on any atom is -0.480 e. The van der Waals surface area contributed by atoms with Crippen LogP contribution in [0.5, 0.6) is 0 Å². The van der Waals surface area contributed by atoms with Crippen LogP contribution in [0.2, 0.25) is 0 Å². The van der Waals surface area contributed by atoms with Crippen molar-refractivity contribution in [2.24, 2.45) is 5.73 Å². The maximum absolute atomic E-state index is 10.9. The van der Waals surface area contributed by atoms with Crippen molar-refractivity contribution in [3.63, 3.8) is 0 Å². The standard InChI is InChI=1S/C14H22N2O2/c1-9-5-6-11(7-10(9)2)13(16(3)4)8-12(15)14(17)18/h5-7,12-13H,8,15H2,1-4H3,(H,17,18). The van der Waals surface area contributed by atoms with Gasteiger partial charge in [-0.1, -0.05) is 18.2 Å². The number of rotatable bonds is 5. The van der Waals surface area contributed by atoms with Gasteiger partial charge in [0.2, 0.25) is 0 Å². The zero-order chi connectivity index (χ0) is 13.9. The first-order valence-electron chi connectivity index (χ1n) is 6.05. The van der Waals surface area contributed by atoms with Crippen molar-refractivity contribution in [3.05, 3.63) is 34.9 Å². The molecule has 0 aliphatic heterocycles. The van der Waals surface area contributed by atoms with Crippen LogP contribution in [0.1, 0.15) is 29.2 Å². The zero-order valence-corrected chi connectivity index (χ0v) is 11.5. The Balaban J connectivity index is 2.97. The molecule has 0 aliphatic rings. The van der Waals surface area contributed by atoms with Crippen molar-refractivity contribution >= 4 is 5.97 Å². The van der Waals surface area contributed by atoms with Crippen LogP contribution >= 0.6 is 0 Å². The molecule has 4 nitrogen and oxygen atoms in total. The smallest absolute Gasteiger partial charge is 0.320 e. The second-order valence-electron chi connectivity index (χ2n) is 5.00. The molecule has 100 valence electrons. The van der Waals surface area contributed by atoms with Gasteiger partial charge in [0.1, 0.15) is 6.04 Å². The predicted octanol–water partition coefficient (Wildman–Crippen LogP) is 1.71. The number of aliphatic carboxylic acids is 1. The summed E-state index contributed by atoms with van der Waals surface area (Å²) in [4.78, 5) is 12.9. The third kappa shape index (κ3) is 3.55. The van der Waals surface area contributed by atoms with Gasteiger partial charge in [-0.15, -0.1) is 0 Å². The zero-order valence-electron chi connectivity index (χ0n) is 11.5. The number of carboxylic acid groups (broad SMARTS) is 1. The molecule has 1 aromatic carbocycles. The summed E-state index contributed by atoms with van der Waals surface area (Å²) in [5.74, 6) is -0.953. The Morgan fingerprint density at radius 2 is 1.94 bits per heavy atom. The first-order chi connectivity index (χ1) is 8.32. The van der Waals surface area contributed by atoms with Gasteiger partial charge in [0.05, 0.1) is 0 Å². The molecule has 0 amide bonds. The topological polar surface area (TPSA) is 66.6 Å². The lowest BCUT2D eigenvalue weighted by Crippen LogP contribution is -2.35. The fraction of sp³-hybridized carbons (Fsp3) is 0.500. The molecular weight excluding hydrogens is 228 g/mol. The summed E-state index contributed by atoms with van der Waals surface area (Å²) in [5, 5.41) is 8.91. The van der Waals surface area contributed by atoms with E-state index in [-0.39, 0.29) is 6.04 Å². The molecule has 2 unspecified atom stereocenters.